The lowest BCUT2D eigenvalue weighted by molar-refractivity contribution is 0.0951. The van der Waals surface area contributed by atoms with Crippen LogP contribution < -0.4 is 10.1 Å². The van der Waals surface area contributed by atoms with Gasteiger partial charge in [-0.05, 0) is 39.5 Å². The summed E-state index contributed by atoms with van der Waals surface area (Å²) in [5, 5.41) is 4.69. The predicted molar refractivity (Wildman–Crippen MR) is 76.3 cm³/mol. The minimum absolute atomic E-state index is 0.0549. The van der Waals surface area contributed by atoms with Crippen LogP contribution in [0.1, 0.15) is 9.67 Å². The summed E-state index contributed by atoms with van der Waals surface area (Å²) in [7, 11) is 0. The Morgan fingerprint density at radius 1 is 1.28 bits per heavy atom. The van der Waals surface area contributed by atoms with E-state index in [9.17, 15) is 4.79 Å². The monoisotopic (exact) mass is 325 g/mol. The number of amides is 1. The van der Waals surface area contributed by atoms with Crippen molar-refractivity contribution in [1.82, 2.24) is 5.32 Å². The van der Waals surface area contributed by atoms with Gasteiger partial charge in [-0.1, -0.05) is 18.2 Å². The minimum Gasteiger partial charge on any atom is -0.491 e. The molecule has 3 nitrogen and oxygen atoms in total. The van der Waals surface area contributed by atoms with E-state index in [-0.39, 0.29) is 5.91 Å². The van der Waals surface area contributed by atoms with Gasteiger partial charge in [0.15, 0.2) is 0 Å². The van der Waals surface area contributed by atoms with Crippen LogP contribution in [0.25, 0.3) is 0 Å². The highest BCUT2D eigenvalue weighted by Crippen LogP contribution is 2.23. The van der Waals surface area contributed by atoms with Gasteiger partial charge in [-0.25, -0.2) is 0 Å². The minimum atomic E-state index is -0.0549. The van der Waals surface area contributed by atoms with Crippen molar-refractivity contribution >= 4 is 33.2 Å². The molecule has 0 atom stereocenters. The van der Waals surface area contributed by atoms with Crippen LogP contribution in [-0.2, 0) is 0 Å². The fourth-order valence-electron chi connectivity index (χ4n) is 1.38. The van der Waals surface area contributed by atoms with Gasteiger partial charge in [-0.15, -0.1) is 11.3 Å². The van der Waals surface area contributed by atoms with Crippen molar-refractivity contribution in [3.05, 3.63) is 51.1 Å². The number of hydrogen-bond donors (Lipinski definition) is 1. The van der Waals surface area contributed by atoms with Gasteiger partial charge >= 0.3 is 0 Å². The first-order chi connectivity index (χ1) is 8.77. The van der Waals surface area contributed by atoms with Gasteiger partial charge in [0, 0.05) is 0 Å². The van der Waals surface area contributed by atoms with Crippen LogP contribution in [0.5, 0.6) is 5.75 Å². The lowest BCUT2D eigenvalue weighted by Crippen LogP contribution is -2.27. The number of benzene rings is 1. The third-order valence-corrected chi connectivity index (χ3v) is 3.75. The van der Waals surface area contributed by atoms with Crippen molar-refractivity contribution in [3.63, 3.8) is 0 Å². The molecule has 0 aliphatic rings. The van der Waals surface area contributed by atoms with Crippen molar-refractivity contribution in [3.8, 4) is 5.75 Å². The van der Waals surface area contributed by atoms with E-state index in [1.54, 1.807) is 6.07 Å². The van der Waals surface area contributed by atoms with Crippen molar-refractivity contribution in [2.24, 2.45) is 0 Å². The Balaban J connectivity index is 1.74. The maximum absolute atomic E-state index is 11.6. The Kier molecular flexibility index (Phi) is 4.78. The van der Waals surface area contributed by atoms with E-state index in [1.807, 2.05) is 35.7 Å². The Labute approximate surface area is 118 Å². The summed E-state index contributed by atoms with van der Waals surface area (Å²) in [6.07, 6.45) is 0. The lowest BCUT2D eigenvalue weighted by atomic mass is 10.3. The van der Waals surface area contributed by atoms with E-state index >= 15 is 0 Å². The van der Waals surface area contributed by atoms with Gasteiger partial charge in [0.1, 0.15) is 12.4 Å². The molecule has 1 aromatic heterocycles. The van der Waals surface area contributed by atoms with Crippen LogP contribution in [0, 0.1) is 0 Å². The second kappa shape index (κ2) is 6.56. The van der Waals surface area contributed by atoms with Crippen LogP contribution in [0.3, 0.4) is 0 Å². The van der Waals surface area contributed by atoms with Crippen molar-refractivity contribution < 1.29 is 9.53 Å². The van der Waals surface area contributed by atoms with Gasteiger partial charge in [0.2, 0.25) is 0 Å². The maximum Gasteiger partial charge on any atom is 0.261 e. The highest BCUT2D eigenvalue weighted by atomic mass is 79.9. The van der Waals surface area contributed by atoms with Crippen LogP contribution in [0.4, 0.5) is 0 Å². The Morgan fingerprint density at radius 2 is 2.11 bits per heavy atom. The van der Waals surface area contributed by atoms with Crippen molar-refractivity contribution in [2.75, 3.05) is 13.2 Å². The first-order valence-electron chi connectivity index (χ1n) is 5.46. The third-order valence-electron chi connectivity index (χ3n) is 2.23. The quantitative estimate of drug-likeness (QED) is 0.856. The summed E-state index contributed by atoms with van der Waals surface area (Å²) in [5.41, 5.74) is 0. The average Bonchev–Trinajstić information content (AvgIpc) is 2.90. The summed E-state index contributed by atoms with van der Waals surface area (Å²) < 4.78 is 6.46. The number of para-hydroxylation sites is 1. The number of thiophene rings is 1. The normalized spacial score (nSPS) is 10.1. The maximum atomic E-state index is 11.6. The highest BCUT2D eigenvalue weighted by molar-refractivity contribution is 9.10. The zero-order chi connectivity index (χ0) is 12.8. The average molecular weight is 326 g/mol. The molecule has 0 spiro atoms. The summed E-state index contributed by atoms with van der Waals surface area (Å²) in [6, 6.07) is 11.3. The van der Waals surface area contributed by atoms with E-state index in [0.717, 1.165) is 15.1 Å². The first-order valence-corrected chi connectivity index (χ1v) is 7.13. The molecule has 0 unspecified atom stereocenters. The summed E-state index contributed by atoms with van der Waals surface area (Å²) in [4.78, 5) is 12.3. The van der Waals surface area contributed by atoms with Crippen LogP contribution in [0.2, 0.25) is 0 Å². The third kappa shape index (κ3) is 3.58. The number of hydrogen-bond acceptors (Lipinski definition) is 3. The molecule has 0 saturated carbocycles. The Morgan fingerprint density at radius 3 is 2.83 bits per heavy atom. The number of carbonyl (C=O) groups is 1. The summed E-state index contributed by atoms with van der Waals surface area (Å²) in [5.74, 6) is 0.726. The molecule has 5 heteroatoms. The molecule has 0 fully saturated rings. The molecular formula is C13H12BrNO2S. The topological polar surface area (TPSA) is 38.3 Å². The predicted octanol–water partition coefficient (Wildman–Crippen LogP) is 3.32. The molecular weight excluding hydrogens is 314 g/mol. The largest absolute Gasteiger partial charge is 0.491 e. The van der Waals surface area contributed by atoms with E-state index in [0.29, 0.717) is 13.2 Å². The second-order valence-electron chi connectivity index (χ2n) is 3.51. The number of ether oxygens (including phenoxy) is 1. The first kappa shape index (κ1) is 13.1. The number of rotatable bonds is 5. The van der Waals surface area contributed by atoms with Gasteiger partial charge in [0.05, 0.1) is 15.9 Å². The van der Waals surface area contributed by atoms with Crippen molar-refractivity contribution in [2.45, 2.75) is 0 Å². The van der Waals surface area contributed by atoms with Gasteiger partial charge in [0.25, 0.3) is 5.91 Å². The molecule has 1 heterocycles. The van der Waals surface area contributed by atoms with E-state index in [4.69, 9.17) is 4.74 Å². The number of carbonyl (C=O) groups excluding carboxylic acids is 1. The molecule has 94 valence electrons. The molecule has 1 amide bonds. The smallest absolute Gasteiger partial charge is 0.261 e. The zero-order valence-electron chi connectivity index (χ0n) is 9.56. The standard InChI is InChI=1S/C13H12BrNO2S/c14-10-4-1-2-5-11(10)17-8-7-15-13(16)12-6-3-9-18-12/h1-6,9H,7-8H2,(H,15,16). The van der Waals surface area contributed by atoms with Crippen molar-refractivity contribution in [1.29, 1.82) is 0 Å². The zero-order valence-corrected chi connectivity index (χ0v) is 12.0. The summed E-state index contributed by atoms with van der Waals surface area (Å²) >= 11 is 4.83. The molecule has 0 radical (unpaired) electrons. The highest BCUT2D eigenvalue weighted by Gasteiger charge is 2.05. The molecule has 1 aromatic carbocycles. The van der Waals surface area contributed by atoms with E-state index in [1.165, 1.54) is 11.3 Å². The van der Waals surface area contributed by atoms with E-state index in [2.05, 4.69) is 21.2 Å². The molecule has 2 aromatic rings. The molecule has 0 aliphatic heterocycles. The molecule has 1 N–H and O–H groups in total. The lowest BCUT2D eigenvalue weighted by Gasteiger charge is -2.08. The fourth-order valence-corrected chi connectivity index (χ4v) is 2.42. The van der Waals surface area contributed by atoms with E-state index < -0.39 is 0 Å². The molecule has 18 heavy (non-hydrogen) atoms. The van der Waals surface area contributed by atoms with Gasteiger partial charge in [-0.3, -0.25) is 4.79 Å². The van der Waals surface area contributed by atoms with Crippen LogP contribution in [-0.4, -0.2) is 19.1 Å². The molecule has 0 saturated heterocycles. The van der Waals surface area contributed by atoms with Gasteiger partial charge < -0.3 is 10.1 Å². The molecule has 0 aliphatic carbocycles. The number of halogens is 1. The fraction of sp³-hybridized carbons (Fsp3) is 0.154. The Bertz CT molecular complexity index is 513. The SMILES string of the molecule is O=C(NCCOc1ccccc1Br)c1cccs1. The molecule has 2 rings (SSSR count). The summed E-state index contributed by atoms with van der Waals surface area (Å²) in [6.45, 7) is 0.928. The second-order valence-corrected chi connectivity index (χ2v) is 5.31. The number of nitrogens with one attached hydrogen (secondary N) is 1. The van der Waals surface area contributed by atoms with Gasteiger partial charge in [-0.2, -0.15) is 0 Å². The Hall–Kier alpha value is -1.33. The van der Waals surface area contributed by atoms with Crippen LogP contribution in [0.15, 0.2) is 46.3 Å². The van der Waals surface area contributed by atoms with Crippen LogP contribution >= 0.6 is 27.3 Å². The molecule has 0 bridgehead atoms.